The Balaban J connectivity index is 0.00000205. The van der Waals surface area contributed by atoms with Gasteiger partial charge in [-0.1, -0.05) is 31.2 Å². The fraction of sp³-hybridized carbons (Fsp3) is 0.833. The summed E-state index contributed by atoms with van der Waals surface area (Å²) in [5.74, 6) is 3.06. The number of rotatable bonds is 2. The molecule has 0 amide bonds. The number of ketones is 1. The van der Waals surface area contributed by atoms with Gasteiger partial charge in [0.15, 0.2) is 0 Å². The Bertz CT molecular complexity index is 716. The van der Waals surface area contributed by atoms with Crippen molar-refractivity contribution in [3.63, 3.8) is 0 Å². The van der Waals surface area contributed by atoms with Crippen molar-refractivity contribution in [3.05, 3.63) is 12.2 Å². The van der Waals surface area contributed by atoms with Crippen LogP contribution in [0.15, 0.2) is 17.3 Å². The Morgan fingerprint density at radius 1 is 1.10 bits per heavy atom. The van der Waals surface area contributed by atoms with E-state index in [0.717, 1.165) is 64.0 Å². The van der Waals surface area contributed by atoms with Crippen LogP contribution in [0.5, 0.6) is 0 Å². The zero-order valence-corrected chi connectivity index (χ0v) is 18.9. The Kier molecular flexibility index (Phi) is 5.65. The molecule has 1 heterocycles. The molecule has 0 aromatic carbocycles. The maximum Gasteiger partial charge on any atom is 0.141 e. The lowest BCUT2D eigenvalue weighted by Gasteiger charge is -2.60. The van der Waals surface area contributed by atoms with Gasteiger partial charge in [-0.25, -0.2) is 0 Å². The topological polar surface area (TPSA) is 50.7 Å². The average molecular weight is 421 g/mol. The summed E-state index contributed by atoms with van der Waals surface area (Å²) in [6.07, 6.45) is 9.96. The molecule has 0 radical (unpaired) electrons. The Hall–Kier alpha value is -0.870. The van der Waals surface area contributed by atoms with Gasteiger partial charge in [0.2, 0.25) is 0 Å². The number of carbonyl (C=O) groups is 1. The van der Waals surface area contributed by atoms with Crippen LogP contribution >= 0.6 is 12.4 Å². The number of nitrogens with zero attached hydrogens (tertiary/aromatic N) is 1. The molecule has 1 aliphatic heterocycles. The van der Waals surface area contributed by atoms with Crippen LogP contribution in [0.1, 0.15) is 71.6 Å². The Morgan fingerprint density at radius 2 is 1.93 bits per heavy atom. The van der Waals surface area contributed by atoms with Gasteiger partial charge in [-0.05, 0) is 80.6 Å². The van der Waals surface area contributed by atoms with E-state index in [2.05, 4.69) is 30.9 Å². The van der Waals surface area contributed by atoms with E-state index in [4.69, 9.17) is 4.84 Å². The number of Topliss-reactive ketones (excluding diaryl/α,β-unsaturated/α-hetero) is 1. The van der Waals surface area contributed by atoms with E-state index >= 15 is 0 Å². The first kappa shape index (κ1) is 21.4. The van der Waals surface area contributed by atoms with Crippen LogP contribution in [0.4, 0.5) is 0 Å². The molecule has 0 aromatic rings. The van der Waals surface area contributed by atoms with Gasteiger partial charge in [-0.15, -0.1) is 12.4 Å². The first-order valence-corrected chi connectivity index (χ1v) is 11.5. The summed E-state index contributed by atoms with van der Waals surface area (Å²) in [6.45, 7) is 11.3. The number of hydrogen-bond donors (Lipinski definition) is 1. The molecule has 4 saturated carbocycles. The minimum Gasteiger partial charge on any atom is -0.391 e. The second-order valence-corrected chi connectivity index (χ2v) is 10.8. The number of hydrogen-bond acceptors (Lipinski definition) is 4. The highest BCUT2D eigenvalue weighted by molar-refractivity contribution is 5.87. The molecule has 5 fully saturated rings. The van der Waals surface area contributed by atoms with Crippen LogP contribution in [-0.4, -0.2) is 30.7 Å². The molecule has 0 bridgehead atoms. The molecule has 0 spiro atoms. The Labute approximate surface area is 181 Å². The van der Waals surface area contributed by atoms with Crippen LogP contribution in [-0.2, 0) is 9.63 Å². The van der Waals surface area contributed by atoms with Gasteiger partial charge in [0.05, 0.1) is 5.71 Å². The van der Waals surface area contributed by atoms with Crippen molar-refractivity contribution in [2.75, 3.05) is 13.1 Å². The maximum absolute atomic E-state index is 12.6. The monoisotopic (exact) mass is 420 g/mol. The standard InChI is InChI=1S/C24H36N2O2.ClH/c1-15-12-18-19-4-5-22(27)24(19,3)10-7-20(18)23(2)9-6-16(13-21(15)23)26-28-17-8-11-25-14-17;/h17-21,25H,1,4-14H2,2-3H3;1H/b26-16+;/t17-,18+,19+,20+,21?,23-,24+;/m1./s1. The van der Waals surface area contributed by atoms with E-state index in [-0.39, 0.29) is 23.9 Å². The predicted molar refractivity (Wildman–Crippen MR) is 118 cm³/mol. The molecule has 5 aliphatic rings. The minimum absolute atomic E-state index is 0. The van der Waals surface area contributed by atoms with E-state index in [9.17, 15) is 4.79 Å². The summed E-state index contributed by atoms with van der Waals surface area (Å²) >= 11 is 0. The van der Waals surface area contributed by atoms with Crippen molar-refractivity contribution >= 4 is 23.9 Å². The number of carbonyl (C=O) groups excluding carboxylic acids is 1. The highest BCUT2D eigenvalue weighted by Crippen LogP contribution is 2.66. The van der Waals surface area contributed by atoms with Crippen molar-refractivity contribution in [3.8, 4) is 0 Å². The number of fused-ring (bicyclic) bond motifs is 5. The van der Waals surface area contributed by atoms with E-state index in [1.807, 2.05) is 0 Å². The van der Waals surface area contributed by atoms with Gasteiger partial charge < -0.3 is 10.2 Å². The third-order valence-electron chi connectivity index (χ3n) is 9.52. The van der Waals surface area contributed by atoms with Crippen LogP contribution < -0.4 is 5.32 Å². The molecule has 1 saturated heterocycles. The summed E-state index contributed by atoms with van der Waals surface area (Å²) < 4.78 is 0. The maximum atomic E-state index is 12.6. The molecule has 162 valence electrons. The lowest BCUT2D eigenvalue weighted by Crippen LogP contribution is -2.54. The number of halogens is 1. The summed E-state index contributed by atoms with van der Waals surface area (Å²) in [6, 6.07) is 0. The van der Waals surface area contributed by atoms with Crippen molar-refractivity contribution in [1.29, 1.82) is 0 Å². The van der Waals surface area contributed by atoms with Crippen molar-refractivity contribution in [1.82, 2.24) is 5.32 Å². The molecule has 0 aromatic heterocycles. The quantitative estimate of drug-likeness (QED) is 0.509. The zero-order valence-electron chi connectivity index (χ0n) is 18.0. The normalized spacial score (nSPS) is 47.9. The molecule has 4 aliphatic carbocycles. The minimum atomic E-state index is -0.0465. The van der Waals surface area contributed by atoms with Gasteiger partial charge in [0, 0.05) is 24.8 Å². The van der Waals surface area contributed by atoms with Crippen LogP contribution in [0.25, 0.3) is 0 Å². The van der Waals surface area contributed by atoms with Crippen LogP contribution in [0.2, 0.25) is 0 Å². The first-order valence-electron chi connectivity index (χ1n) is 11.5. The fourth-order valence-electron chi connectivity index (χ4n) is 7.77. The first-order chi connectivity index (χ1) is 13.4. The third kappa shape index (κ3) is 3.29. The third-order valence-corrected chi connectivity index (χ3v) is 9.52. The van der Waals surface area contributed by atoms with E-state index in [1.54, 1.807) is 0 Å². The molecule has 29 heavy (non-hydrogen) atoms. The summed E-state index contributed by atoms with van der Waals surface area (Å²) in [7, 11) is 0. The lowest BCUT2D eigenvalue weighted by molar-refractivity contribution is -0.134. The predicted octanol–water partition coefficient (Wildman–Crippen LogP) is 4.92. The van der Waals surface area contributed by atoms with Gasteiger partial charge in [-0.3, -0.25) is 4.79 Å². The molecular weight excluding hydrogens is 384 g/mol. The highest BCUT2D eigenvalue weighted by Gasteiger charge is 2.60. The second-order valence-electron chi connectivity index (χ2n) is 10.8. The van der Waals surface area contributed by atoms with Crippen molar-refractivity contribution in [2.45, 2.75) is 77.7 Å². The van der Waals surface area contributed by atoms with Crippen LogP contribution in [0.3, 0.4) is 0 Å². The zero-order chi connectivity index (χ0) is 19.5. The van der Waals surface area contributed by atoms with Crippen molar-refractivity contribution < 1.29 is 9.63 Å². The largest absolute Gasteiger partial charge is 0.391 e. The highest BCUT2D eigenvalue weighted by atomic mass is 35.5. The summed E-state index contributed by atoms with van der Waals surface area (Å²) in [5, 5.41) is 7.93. The molecular formula is C24H37ClN2O2. The van der Waals surface area contributed by atoms with Gasteiger partial charge in [0.1, 0.15) is 11.9 Å². The Morgan fingerprint density at radius 3 is 2.69 bits per heavy atom. The van der Waals surface area contributed by atoms with Gasteiger partial charge in [0.25, 0.3) is 0 Å². The summed E-state index contributed by atoms with van der Waals surface area (Å²) in [5.41, 5.74) is 2.93. The lowest BCUT2D eigenvalue weighted by atomic mass is 9.44. The van der Waals surface area contributed by atoms with Gasteiger partial charge in [-0.2, -0.15) is 0 Å². The van der Waals surface area contributed by atoms with Crippen LogP contribution in [0, 0.1) is 34.5 Å². The summed E-state index contributed by atoms with van der Waals surface area (Å²) in [4.78, 5) is 18.5. The molecule has 1 unspecified atom stereocenters. The van der Waals surface area contributed by atoms with E-state index in [0.29, 0.717) is 29.0 Å². The molecule has 1 N–H and O–H groups in total. The number of oxime groups is 1. The molecule has 5 heteroatoms. The average Bonchev–Trinajstić information content (AvgIpc) is 3.29. The van der Waals surface area contributed by atoms with E-state index in [1.165, 1.54) is 24.1 Å². The second kappa shape index (κ2) is 7.67. The van der Waals surface area contributed by atoms with Gasteiger partial charge >= 0.3 is 0 Å². The molecule has 5 rings (SSSR count). The van der Waals surface area contributed by atoms with Crippen molar-refractivity contribution in [2.24, 2.45) is 39.7 Å². The number of allylic oxidation sites excluding steroid dienone is 1. The SMILES string of the molecule is C=C1C[C@@H]2[C@H](CC[C@]3(C)C(=O)CC[C@@H]23)[C@@]2(C)CC/C(=N\O[C@@H]3CCNC3)CC12.Cl. The molecule has 4 nitrogen and oxygen atoms in total. The molecule has 7 atom stereocenters. The number of nitrogens with one attached hydrogen (secondary N) is 1. The smallest absolute Gasteiger partial charge is 0.141 e. The van der Waals surface area contributed by atoms with E-state index < -0.39 is 0 Å². The fourth-order valence-corrected chi connectivity index (χ4v) is 7.77.